The first-order valence-corrected chi connectivity index (χ1v) is 12.0. The van der Waals surface area contributed by atoms with Gasteiger partial charge >= 0.3 is 0 Å². The summed E-state index contributed by atoms with van der Waals surface area (Å²) in [4.78, 5) is 15.1. The van der Waals surface area contributed by atoms with Gasteiger partial charge in [0.15, 0.2) is 0 Å². The highest BCUT2D eigenvalue weighted by Crippen LogP contribution is 2.33. The van der Waals surface area contributed by atoms with Crippen molar-refractivity contribution in [3.05, 3.63) is 59.9 Å². The average molecular weight is 431 g/mol. The third kappa shape index (κ3) is 4.01. The number of hydrogen-bond donors (Lipinski definition) is 0. The first-order valence-electron chi connectivity index (χ1n) is 10.6. The number of carbonyl (C=O) groups is 1. The van der Waals surface area contributed by atoms with E-state index in [1.54, 1.807) is 4.90 Å². The second kappa shape index (κ2) is 8.47. The Hall–Kier alpha value is -2.25. The van der Waals surface area contributed by atoms with E-state index in [1.807, 2.05) is 31.2 Å². The van der Waals surface area contributed by atoms with E-state index in [0.717, 1.165) is 61.9 Å². The molecule has 0 radical (unpaired) electrons. The van der Waals surface area contributed by atoms with Crippen molar-refractivity contribution >= 4 is 21.6 Å². The summed E-state index contributed by atoms with van der Waals surface area (Å²) in [6.45, 7) is 1.78. The van der Waals surface area contributed by atoms with Crippen LogP contribution in [0, 0.1) is 5.82 Å². The Bertz CT molecular complexity index is 1020. The van der Waals surface area contributed by atoms with Gasteiger partial charge in [-0.25, -0.2) is 12.8 Å². The van der Waals surface area contributed by atoms with Crippen LogP contribution in [-0.2, 0) is 21.2 Å². The van der Waals surface area contributed by atoms with Gasteiger partial charge in [-0.3, -0.25) is 4.79 Å². The minimum absolute atomic E-state index is 0.0170. The van der Waals surface area contributed by atoms with Crippen molar-refractivity contribution in [3.63, 3.8) is 0 Å². The normalized spacial score (nSPS) is 19.8. The van der Waals surface area contributed by atoms with Gasteiger partial charge in [0.05, 0.1) is 11.4 Å². The summed E-state index contributed by atoms with van der Waals surface area (Å²) < 4.78 is 41.6. The largest absolute Gasteiger partial charge is 0.308 e. The van der Waals surface area contributed by atoms with Crippen LogP contribution in [0.2, 0.25) is 0 Å². The number of anilines is 1. The smallest absolute Gasteiger partial charge is 0.243 e. The minimum atomic E-state index is -3.92. The molecule has 0 N–H and O–H groups in total. The number of amides is 1. The molecule has 1 fully saturated rings. The van der Waals surface area contributed by atoms with Crippen molar-refractivity contribution in [1.29, 1.82) is 0 Å². The minimum Gasteiger partial charge on any atom is -0.308 e. The predicted molar refractivity (Wildman–Crippen MR) is 114 cm³/mol. The maximum Gasteiger partial charge on any atom is 0.243 e. The molecule has 4 rings (SSSR count). The first-order chi connectivity index (χ1) is 14.4. The second-order valence-electron chi connectivity index (χ2n) is 8.24. The summed E-state index contributed by atoms with van der Waals surface area (Å²) in [6, 6.07) is 12.4. The quantitative estimate of drug-likeness (QED) is 0.717. The highest BCUT2D eigenvalue weighted by atomic mass is 32.2. The molecule has 0 aromatic heterocycles. The number of hydrogen-bond acceptors (Lipinski definition) is 3. The van der Waals surface area contributed by atoms with Crippen molar-refractivity contribution in [2.75, 3.05) is 11.4 Å². The molecule has 1 aliphatic carbocycles. The third-order valence-electron chi connectivity index (χ3n) is 6.17. The number of sulfonamides is 1. The molecule has 30 heavy (non-hydrogen) atoms. The summed E-state index contributed by atoms with van der Waals surface area (Å²) in [7, 11) is -3.92. The van der Waals surface area contributed by atoms with E-state index < -0.39 is 15.8 Å². The SMILES string of the molecule is CC1Cc2ccccc2N1C(=O)CN(C1CCCCC1)S(=O)(=O)c1ccc(F)cc1. The van der Waals surface area contributed by atoms with Gasteiger partial charge in [-0.1, -0.05) is 37.5 Å². The first kappa shape index (κ1) is 21.0. The summed E-state index contributed by atoms with van der Waals surface area (Å²) in [5.41, 5.74) is 1.96. The molecule has 2 aliphatic rings. The molecule has 2 aromatic carbocycles. The monoisotopic (exact) mass is 430 g/mol. The Labute approximate surface area is 177 Å². The second-order valence-corrected chi connectivity index (χ2v) is 10.1. The van der Waals surface area contributed by atoms with E-state index in [-0.39, 0.29) is 29.4 Å². The van der Waals surface area contributed by atoms with Gasteiger partial charge in [0.2, 0.25) is 15.9 Å². The topological polar surface area (TPSA) is 57.7 Å². The lowest BCUT2D eigenvalue weighted by Gasteiger charge is -2.34. The van der Waals surface area contributed by atoms with Crippen LogP contribution < -0.4 is 4.90 Å². The summed E-state index contributed by atoms with van der Waals surface area (Å²) in [5, 5.41) is 0. The fraction of sp³-hybridized carbons (Fsp3) is 0.435. The van der Waals surface area contributed by atoms with Crippen molar-refractivity contribution in [2.45, 2.75) is 62.4 Å². The van der Waals surface area contributed by atoms with E-state index in [0.29, 0.717) is 0 Å². The number of rotatable bonds is 5. The van der Waals surface area contributed by atoms with Crippen LogP contribution in [0.25, 0.3) is 0 Å². The molecule has 0 saturated heterocycles. The van der Waals surface area contributed by atoms with E-state index in [9.17, 15) is 17.6 Å². The Morgan fingerprint density at radius 2 is 1.73 bits per heavy atom. The highest BCUT2D eigenvalue weighted by Gasteiger charge is 2.38. The molecule has 7 heteroatoms. The molecule has 1 heterocycles. The van der Waals surface area contributed by atoms with Gasteiger partial charge in [-0.05, 0) is 62.1 Å². The van der Waals surface area contributed by atoms with Crippen LogP contribution in [0.5, 0.6) is 0 Å². The number of nitrogens with zero attached hydrogens (tertiary/aromatic N) is 2. The zero-order valence-electron chi connectivity index (χ0n) is 17.1. The van der Waals surface area contributed by atoms with Crippen LogP contribution >= 0.6 is 0 Å². The summed E-state index contributed by atoms with van der Waals surface area (Å²) >= 11 is 0. The fourth-order valence-electron chi connectivity index (χ4n) is 4.68. The molecular formula is C23H27FN2O3S. The lowest BCUT2D eigenvalue weighted by molar-refractivity contribution is -0.119. The molecule has 1 unspecified atom stereocenters. The van der Waals surface area contributed by atoms with Gasteiger partial charge < -0.3 is 4.90 Å². The maximum absolute atomic E-state index is 13.5. The number of halogens is 1. The fourth-order valence-corrected chi connectivity index (χ4v) is 6.31. The Morgan fingerprint density at radius 3 is 2.43 bits per heavy atom. The lowest BCUT2D eigenvalue weighted by Crippen LogP contribution is -2.49. The lowest BCUT2D eigenvalue weighted by atomic mass is 9.95. The van der Waals surface area contributed by atoms with E-state index in [4.69, 9.17) is 0 Å². The van der Waals surface area contributed by atoms with Crippen molar-refractivity contribution in [1.82, 2.24) is 4.31 Å². The highest BCUT2D eigenvalue weighted by molar-refractivity contribution is 7.89. The van der Waals surface area contributed by atoms with Gasteiger partial charge in [0.1, 0.15) is 5.82 Å². The van der Waals surface area contributed by atoms with Gasteiger partial charge in [-0.15, -0.1) is 0 Å². The van der Waals surface area contributed by atoms with Crippen molar-refractivity contribution in [3.8, 4) is 0 Å². The summed E-state index contributed by atoms with van der Waals surface area (Å²) in [6.07, 6.45) is 5.19. The van der Waals surface area contributed by atoms with Gasteiger partial charge in [-0.2, -0.15) is 4.31 Å². The Morgan fingerprint density at radius 1 is 1.07 bits per heavy atom. The number of para-hydroxylation sites is 1. The molecule has 0 spiro atoms. The predicted octanol–water partition coefficient (Wildman–Crippen LogP) is 4.13. The number of benzene rings is 2. The Kier molecular flexibility index (Phi) is 5.93. The van der Waals surface area contributed by atoms with E-state index in [1.165, 1.54) is 16.4 Å². The molecule has 5 nitrogen and oxygen atoms in total. The molecule has 1 aliphatic heterocycles. The zero-order valence-corrected chi connectivity index (χ0v) is 17.9. The van der Waals surface area contributed by atoms with Crippen LogP contribution in [-0.4, -0.2) is 37.3 Å². The molecule has 1 atom stereocenters. The molecule has 1 saturated carbocycles. The molecular weight excluding hydrogens is 403 g/mol. The van der Waals surface area contributed by atoms with Crippen LogP contribution in [0.15, 0.2) is 53.4 Å². The molecule has 1 amide bonds. The van der Waals surface area contributed by atoms with Gasteiger partial charge in [0, 0.05) is 17.8 Å². The summed E-state index contributed by atoms with van der Waals surface area (Å²) in [5.74, 6) is -0.708. The maximum atomic E-state index is 13.5. The zero-order chi connectivity index (χ0) is 21.3. The number of carbonyl (C=O) groups excluding carboxylic acids is 1. The van der Waals surface area contributed by atoms with Crippen LogP contribution in [0.1, 0.15) is 44.6 Å². The number of fused-ring (bicyclic) bond motifs is 1. The average Bonchev–Trinajstić information content (AvgIpc) is 3.08. The van der Waals surface area contributed by atoms with Crippen LogP contribution in [0.3, 0.4) is 0 Å². The Balaban J connectivity index is 1.65. The standard InChI is InChI=1S/C23H27FN2O3S/c1-17-15-18-7-5-6-10-22(18)26(17)23(27)16-25(20-8-3-2-4-9-20)30(28,29)21-13-11-19(24)12-14-21/h5-7,10-14,17,20H,2-4,8-9,15-16H2,1H3. The van der Waals surface area contributed by atoms with E-state index >= 15 is 0 Å². The molecule has 160 valence electrons. The van der Waals surface area contributed by atoms with Gasteiger partial charge in [0.25, 0.3) is 0 Å². The molecule has 0 bridgehead atoms. The van der Waals surface area contributed by atoms with E-state index in [2.05, 4.69) is 0 Å². The van der Waals surface area contributed by atoms with Crippen molar-refractivity contribution in [2.24, 2.45) is 0 Å². The molecule has 2 aromatic rings. The van der Waals surface area contributed by atoms with Crippen molar-refractivity contribution < 1.29 is 17.6 Å². The van der Waals surface area contributed by atoms with Crippen LogP contribution in [0.4, 0.5) is 10.1 Å². The third-order valence-corrected chi connectivity index (χ3v) is 8.08.